The number of carbonyl (C=O) groups is 5. The Bertz CT molecular complexity index is 1990. The topological polar surface area (TPSA) is 205 Å². The van der Waals surface area contributed by atoms with Crippen LogP contribution in [0.15, 0.2) is 47.6 Å². The number of allylic oxidation sites excluding steroid dienone is 6. The molecule has 2 saturated heterocycles. The number of esters is 1. The quantitative estimate of drug-likeness (QED) is 0.134. The maximum Gasteiger partial charge on any atom is 0.329 e. The molecular weight excluding hydrogens is 875 g/mol. The van der Waals surface area contributed by atoms with Crippen LogP contribution in [-0.4, -0.2) is 145 Å². The van der Waals surface area contributed by atoms with E-state index in [1.165, 1.54) is 14.2 Å². The van der Waals surface area contributed by atoms with Crippen LogP contribution in [0, 0.1) is 35.5 Å². The van der Waals surface area contributed by atoms with Crippen molar-refractivity contribution < 1.29 is 73.2 Å². The average molecular weight is 962 g/mol. The van der Waals surface area contributed by atoms with Crippen LogP contribution in [0.25, 0.3) is 0 Å². The summed E-state index contributed by atoms with van der Waals surface area (Å²) in [5, 5.41) is 33.3. The molecule has 0 aromatic heterocycles. The van der Waals surface area contributed by atoms with Crippen LogP contribution in [0.3, 0.4) is 0 Å². The molecule has 1 amide bonds. The minimum atomic E-state index is -3.27. The van der Waals surface area contributed by atoms with Gasteiger partial charge in [-0.3, -0.25) is 19.2 Å². The molecule has 0 radical (unpaired) electrons. The Morgan fingerprint density at radius 2 is 1.62 bits per heavy atom. The van der Waals surface area contributed by atoms with Gasteiger partial charge in [0.05, 0.1) is 43.0 Å². The lowest BCUT2D eigenvalue weighted by atomic mass is 9.78. The van der Waals surface area contributed by atoms with Gasteiger partial charge >= 0.3 is 5.97 Å². The van der Waals surface area contributed by atoms with Crippen LogP contribution in [0.5, 0.6) is 0 Å². The molecule has 1 aliphatic carbocycles. The van der Waals surface area contributed by atoms with Crippen LogP contribution in [0.4, 0.5) is 0 Å². The minimum absolute atomic E-state index is 0.0148. The first kappa shape index (κ1) is 51.0. The fraction of sp³-hybridized carbons (Fsp3) is 0.755. The number of piperidine rings is 1. The van der Waals surface area contributed by atoms with E-state index in [4.69, 9.17) is 33.9 Å². The molecule has 0 unspecified atom stereocenters. The number of cyclic esters (lactones) is 1. The molecule has 3 N–H and O–H groups in total. The molecule has 384 valence electrons. The number of hydrogen-bond acceptors (Lipinski definition) is 14. The Morgan fingerprint density at radius 3 is 2.29 bits per heavy atom. The standard InChI is InChI=1S/C53H83NO14/c1-32-16-12-11-13-17-33(2)44(63-8)30-40-21-19-38(7)53(62,68-40)50(59)51(60)54-23-15-14-18-41(54)52(61)67-45(35(4)28-39-20-22-43(66-25-24-55)46(29-39)64-9)31-42(56)34(3)27-37(6)48(58)49(65-10)47(57)36(5)26-32/h11-13,16-17,27,32,34-36,38-41,43-46,48-49,55,58,62H,14-15,18-26,28-31H2,1-10H3/b13-11?,16-12+,33-17?,37-27?/t32-,34-,35-,36-,38-,39+,40+,41+,43-,44+,45+,46-,48-,49+,53-/m1/s1/i24D2,25D2. The van der Waals surface area contributed by atoms with E-state index in [-0.39, 0.29) is 55.6 Å². The lowest BCUT2D eigenvalue weighted by molar-refractivity contribution is -0.265. The predicted molar refractivity (Wildman–Crippen MR) is 256 cm³/mol. The molecule has 3 heterocycles. The number of rotatable bonds is 9. The van der Waals surface area contributed by atoms with Gasteiger partial charge in [-0.1, -0.05) is 71.1 Å². The number of carbonyl (C=O) groups excluding carboxylic acids is 5. The zero-order valence-corrected chi connectivity index (χ0v) is 42.0. The highest BCUT2D eigenvalue weighted by Gasteiger charge is 2.53. The summed E-state index contributed by atoms with van der Waals surface area (Å²) >= 11 is 0. The van der Waals surface area contributed by atoms with Crippen molar-refractivity contribution in [2.24, 2.45) is 35.5 Å². The van der Waals surface area contributed by atoms with Crippen LogP contribution >= 0.6 is 0 Å². The van der Waals surface area contributed by atoms with Crippen molar-refractivity contribution in [2.75, 3.05) is 41.0 Å². The summed E-state index contributed by atoms with van der Waals surface area (Å²) in [5.74, 6) is -8.91. The number of ether oxygens (including phenoxy) is 6. The number of ketones is 3. The number of aliphatic hydroxyl groups excluding tert-OH is 1. The van der Waals surface area contributed by atoms with Crippen LogP contribution in [-0.2, 0) is 52.4 Å². The Labute approximate surface area is 410 Å². The molecule has 2 bridgehead atoms. The molecule has 3 fully saturated rings. The van der Waals surface area contributed by atoms with E-state index in [1.54, 1.807) is 40.9 Å². The molecular formula is C53H83NO14. The smallest absolute Gasteiger partial charge is 0.329 e. The fourth-order valence-electron chi connectivity index (χ4n) is 10.3. The second-order valence-corrected chi connectivity index (χ2v) is 19.9. The van der Waals surface area contributed by atoms with Crippen molar-refractivity contribution in [3.63, 3.8) is 0 Å². The number of methoxy groups -OCH3 is 3. The molecule has 15 heteroatoms. The third-order valence-corrected chi connectivity index (χ3v) is 14.7. The summed E-state index contributed by atoms with van der Waals surface area (Å²) in [6.07, 6.45) is 8.68. The number of fused-ring (bicyclic) bond motifs is 3. The van der Waals surface area contributed by atoms with Crippen molar-refractivity contribution in [1.29, 1.82) is 0 Å². The zero-order valence-electron chi connectivity index (χ0n) is 46.0. The molecule has 68 heavy (non-hydrogen) atoms. The predicted octanol–water partition coefficient (Wildman–Crippen LogP) is 6.20. The van der Waals surface area contributed by atoms with Gasteiger partial charge < -0.3 is 48.6 Å². The summed E-state index contributed by atoms with van der Waals surface area (Å²) in [6, 6.07) is -1.22. The highest BCUT2D eigenvalue weighted by molar-refractivity contribution is 6.39. The molecule has 4 aliphatic rings. The zero-order chi connectivity index (χ0) is 53.9. The highest BCUT2D eigenvalue weighted by Crippen LogP contribution is 2.38. The van der Waals surface area contributed by atoms with Crippen molar-refractivity contribution >= 4 is 29.2 Å². The van der Waals surface area contributed by atoms with Crippen molar-refractivity contribution in [3.8, 4) is 0 Å². The summed E-state index contributed by atoms with van der Waals surface area (Å²) < 4.78 is 65.9. The molecule has 0 spiro atoms. The summed E-state index contributed by atoms with van der Waals surface area (Å²) in [7, 11) is 4.33. The Hall–Kier alpha value is -3.41. The van der Waals surface area contributed by atoms with E-state index in [0.29, 0.717) is 56.9 Å². The average Bonchev–Trinajstić information content (AvgIpc) is 3.32. The maximum atomic E-state index is 14.5. The Morgan fingerprint density at radius 1 is 0.882 bits per heavy atom. The fourth-order valence-corrected chi connectivity index (χ4v) is 10.3. The third kappa shape index (κ3) is 15.3. The van der Waals surface area contributed by atoms with Crippen molar-refractivity contribution in [1.82, 2.24) is 4.90 Å². The van der Waals surface area contributed by atoms with Crippen LogP contribution in [0.2, 0.25) is 0 Å². The lowest BCUT2D eigenvalue weighted by Gasteiger charge is -2.42. The maximum absolute atomic E-state index is 14.5. The van der Waals surface area contributed by atoms with Gasteiger partial charge in [0.2, 0.25) is 5.79 Å². The molecule has 3 aliphatic heterocycles. The normalized spacial score (nSPS) is 38.5. The summed E-state index contributed by atoms with van der Waals surface area (Å²) in [4.78, 5) is 72.3. The van der Waals surface area contributed by atoms with E-state index in [2.05, 4.69) is 0 Å². The van der Waals surface area contributed by atoms with Gasteiger partial charge in [-0.15, -0.1) is 0 Å². The number of nitrogens with zero attached hydrogens (tertiary/aromatic N) is 1. The second kappa shape index (κ2) is 27.3. The number of aliphatic hydroxyl groups is 3. The van der Waals surface area contributed by atoms with E-state index in [1.807, 2.05) is 51.2 Å². The lowest BCUT2D eigenvalue weighted by Crippen LogP contribution is -2.61. The Balaban J connectivity index is 1.70. The van der Waals surface area contributed by atoms with Gasteiger partial charge in [-0.2, -0.15) is 0 Å². The Kier molecular flexibility index (Phi) is 20.4. The summed E-state index contributed by atoms with van der Waals surface area (Å²) in [6.45, 7) is 6.12. The molecule has 1 saturated carbocycles. The summed E-state index contributed by atoms with van der Waals surface area (Å²) in [5.41, 5.74) is 1.19. The van der Waals surface area contributed by atoms with Crippen LogP contribution in [0.1, 0.15) is 131 Å². The molecule has 0 aromatic carbocycles. The SMILES string of the molecule is [2H]C([2H])(O)C([2H])([2H])O[C@@H]1CC[C@@H](C[C@@H](C)[C@@H]2CC(=O)[C@H](C)C=C(C)[C@@H](O)[C@@H](OC)C(=O)[C@H](C)C[C@H](C)/C=C/C=CC=C(C)[C@@H](OC)C[C@@H]3CC[C@@H](C)[C@@](O)(O3)C(=O)C(=O)N3CCCC[C@H]3C(=O)O2)C[C@H]1OC. The molecule has 15 atom stereocenters. The number of hydrogen-bond donors (Lipinski definition) is 3. The van der Waals surface area contributed by atoms with Gasteiger partial charge in [0, 0.05) is 58.5 Å². The number of amides is 1. The van der Waals surface area contributed by atoms with Crippen molar-refractivity contribution in [2.45, 2.75) is 180 Å². The first-order valence-electron chi connectivity index (χ1n) is 26.6. The van der Waals surface area contributed by atoms with Gasteiger partial charge in [-0.25, -0.2) is 4.79 Å². The first-order chi connectivity index (χ1) is 33.7. The third-order valence-electron chi connectivity index (χ3n) is 14.7. The largest absolute Gasteiger partial charge is 0.460 e. The van der Waals surface area contributed by atoms with Gasteiger partial charge in [-0.05, 0) is 107 Å². The van der Waals surface area contributed by atoms with Gasteiger partial charge in [0.15, 0.2) is 5.78 Å². The molecule has 0 aromatic rings. The van der Waals surface area contributed by atoms with Gasteiger partial charge in [0.1, 0.15) is 30.1 Å². The van der Waals surface area contributed by atoms with E-state index in [9.17, 15) is 39.3 Å². The monoisotopic (exact) mass is 962 g/mol. The van der Waals surface area contributed by atoms with E-state index >= 15 is 0 Å². The van der Waals surface area contributed by atoms with Gasteiger partial charge in [0.25, 0.3) is 11.7 Å². The minimum Gasteiger partial charge on any atom is -0.460 e. The molecule has 4 rings (SSSR count). The molecule has 15 nitrogen and oxygen atoms in total. The second-order valence-electron chi connectivity index (χ2n) is 19.9. The van der Waals surface area contributed by atoms with Crippen molar-refractivity contribution in [3.05, 3.63) is 47.6 Å². The van der Waals surface area contributed by atoms with Crippen LogP contribution < -0.4 is 0 Å². The van der Waals surface area contributed by atoms with E-state index in [0.717, 1.165) is 10.5 Å². The number of Topliss-reactive ketones (excluding diaryl/α,β-unsaturated/α-hetero) is 3. The van der Waals surface area contributed by atoms with E-state index < -0.39 is 109 Å². The first-order valence-corrected chi connectivity index (χ1v) is 24.6. The highest BCUT2D eigenvalue weighted by atomic mass is 16.6.